The van der Waals surface area contributed by atoms with Crippen molar-refractivity contribution in [3.63, 3.8) is 0 Å². The molecule has 9 heteroatoms. The summed E-state index contributed by atoms with van der Waals surface area (Å²) < 4.78 is 1.34. The number of hydrogen-bond donors (Lipinski definition) is 2. The fourth-order valence-corrected chi connectivity index (χ4v) is 3.86. The molecule has 0 unspecified atom stereocenters. The number of carbonyl (C=O) groups is 1. The number of nitrogens with one attached hydrogen (secondary N) is 1. The normalized spacial score (nSPS) is 14.9. The van der Waals surface area contributed by atoms with Crippen LogP contribution in [0.15, 0.2) is 23.4 Å². The first-order chi connectivity index (χ1) is 11.5. The Morgan fingerprint density at radius 3 is 2.79 bits per heavy atom. The maximum atomic E-state index is 12.0. The molecule has 1 saturated carbocycles. The molecule has 1 heterocycles. The molecule has 3 rings (SSSR count). The van der Waals surface area contributed by atoms with Crippen LogP contribution in [0.5, 0.6) is 0 Å². The summed E-state index contributed by atoms with van der Waals surface area (Å²) in [6.07, 6.45) is 4.48. The topological polar surface area (TPSA) is 85.8 Å². The number of nitrogens with zero attached hydrogens (tertiary/aromatic N) is 3. The third-order valence-corrected chi connectivity index (χ3v) is 5.38. The van der Waals surface area contributed by atoms with Crippen LogP contribution in [-0.2, 0) is 4.79 Å². The van der Waals surface area contributed by atoms with E-state index in [1.165, 1.54) is 29.3 Å². The average molecular weight is 386 g/mol. The molecule has 2 aromatic rings. The molecule has 0 radical (unpaired) electrons. The van der Waals surface area contributed by atoms with E-state index >= 15 is 0 Å². The Kier molecular flexibility index (Phi) is 5.53. The van der Waals surface area contributed by atoms with Crippen molar-refractivity contribution in [2.75, 3.05) is 11.6 Å². The van der Waals surface area contributed by atoms with E-state index in [4.69, 9.17) is 29.0 Å². The minimum absolute atomic E-state index is 0.0130. The highest BCUT2D eigenvalue weighted by atomic mass is 35.5. The first kappa shape index (κ1) is 17.4. The third-order valence-electron chi connectivity index (χ3n) is 3.89. The maximum Gasteiger partial charge on any atom is 0.230 e. The van der Waals surface area contributed by atoms with Gasteiger partial charge in [-0.3, -0.25) is 4.79 Å². The zero-order valence-corrected chi connectivity index (χ0v) is 15.2. The van der Waals surface area contributed by atoms with E-state index in [0.29, 0.717) is 32.6 Å². The van der Waals surface area contributed by atoms with E-state index in [-0.39, 0.29) is 11.7 Å². The number of thioether (sulfide) groups is 1. The van der Waals surface area contributed by atoms with Gasteiger partial charge in [-0.25, -0.2) is 4.68 Å². The molecule has 0 aliphatic heterocycles. The number of carbonyl (C=O) groups excluding carboxylic acids is 1. The molecular formula is C15H17Cl2N5OS. The molecule has 6 nitrogen and oxygen atoms in total. The molecule has 1 fully saturated rings. The van der Waals surface area contributed by atoms with Gasteiger partial charge in [0.25, 0.3) is 0 Å². The largest absolute Gasteiger partial charge is 0.353 e. The van der Waals surface area contributed by atoms with Crippen molar-refractivity contribution in [2.24, 2.45) is 0 Å². The van der Waals surface area contributed by atoms with Crippen LogP contribution in [0, 0.1) is 0 Å². The van der Waals surface area contributed by atoms with Crippen LogP contribution < -0.4 is 11.2 Å². The van der Waals surface area contributed by atoms with E-state index in [2.05, 4.69) is 15.5 Å². The highest BCUT2D eigenvalue weighted by Gasteiger charge is 2.19. The quantitative estimate of drug-likeness (QED) is 0.609. The molecule has 1 amide bonds. The second-order valence-corrected chi connectivity index (χ2v) is 7.42. The molecule has 0 bridgehead atoms. The van der Waals surface area contributed by atoms with E-state index in [9.17, 15) is 4.79 Å². The summed E-state index contributed by atoms with van der Waals surface area (Å²) in [4.78, 5) is 12.0. The van der Waals surface area contributed by atoms with Gasteiger partial charge in [-0.1, -0.05) is 47.8 Å². The highest BCUT2D eigenvalue weighted by Crippen LogP contribution is 2.30. The van der Waals surface area contributed by atoms with Crippen LogP contribution in [0.25, 0.3) is 11.4 Å². The van der Waals surface area contributed by atoms with Gasteiger partial charge in [0, 0.05) is 16.6 Å². The van der Waals surface area contributed by atoms with E-state index < -0.39 is 0 Å². The molecule has 24 heavy (non-hydrogen) atoms. The maximum absolute atomic E-state index is 12.0. The molecule has 1 aromatic carbocycles. The first-order valence-corrected chi connectivity index (χ1v) is 9.37. The Hall–Kier alpha value is -1.44. The molecular weight excluding hydrogens is 369 g/mol. The second-order valence-electron chi connectivity index (χ2n) is 5.64. The predicted octanol–water partition coefficient (Wildman–Crippen LogP) is 3.12. The van der Waals surface area contributed by atoms with Gasteiger partial charge in [0.2, 0.25) is 11.1 Å². The number of aromatic nitrogens is 3. The number of nitrogens with two attached hydrogens (primary N) is 1. The number of nitrogen functional groups attached to an aromatic ring is 1. The van der Waals surface area contributed by atoms with Crippen LogP contribution in [0.2, 0.25) is 10.0 Å². The van der Waals surface area contributed by atoms with Crippen molar-refractivity contribution in [1.29, 1.82) is 0 Å². The van der Waals surface area contributed by atoms with Gasteiger partial charge in [-0.15, -0.1) is 10.2 Å². The van der Waals surface area contributed by atoms with Crippen molar-refractivity contribution < 1.29 is 4.79 Å². The fraction of sp³-hybridized carbons (Fsp3) is 0.400. The number of halogens is 2. The number of benzene rings is 1. The zero-order chi connectivity index (χ0) is 17.1. The number of amides is 1. The zero-order valence-electron chi connectivity index (χ0n) is 12.8. The predicted molar refractivity (Wildman–Crippen MR) is 96.8 cm³/mol. The minimum atomic E-state index is -0.0130. The second kappa shape index (κ2) is 7.63. The third kappa shape index (κ3) is 3.96. The van der Waals surface area contributed by atoms with Gasteiger partial charge >= 0.3 is 0 Å². The van der Waals surface area contributed by atoms with Gasteiger partial charge in [0.1, 0.15) is 0 Å². The van der Waals surface area contributed by atoms with E-state index in [1.807, 2.05) is 0 Å². The Bertz CT molecular complexity index is 745. The van der Waals surface area contributed by atoms with Crippen LogP contribution in [-0.4, -0.2) is 32.6 Å². The lowest BCUT2D eigenvalue weighted by atomic mass is 10.2. The summed E-state index contributed by atoms with van der Waals surface area (Å²) in [6.45, 7) is 0. The summed E-state index contributed by atoms with van der Waals surface area (Å²) in [6, 6.07) is 5.37. The van der Waals surface area contributed by atoms with Crippen molar-refractivity contribution >= 4 is 40.9 Å². The molecule has 1 aromatic heterocycles. The van der Waals surface area contributed by atoms with Gasteiger partial charge in [0.15, 0.2) is 5.82 Å². The van der Waals surface area contributed by atoms with Gasteiger partial charge in [0.05, 0.1) is 10.8 Å². The van der Waals surface area contributed by atoms with Crippen molar-refractivity contribution in [3.05, 3.63) is 28.2 Å². The van der Waals surface area contributed by atoms with Crippen LogP contribution in [0.3, 0.4) is 0 Å². The Morgan fingerprint density at radius 1 is 1.33 bits per heavy atom. The summed E-state index contributed by atoms with van der Waals surface area (Å²) >= 11 is 13.3. The van der Waals surface area contributed by atoms with E-state index in [0.717, 1.165) is 12.8 Å². The standard InChI is InChI=1S/C15H17Cl2N5OS/c16-9-5-6-11(12(17)7-9)14-20-21-15(22(14)18)24-8-13(23)19-10-3-1-2-4-10/h5-7,10H,1-4,8,18H2,(H,19,23). The average Bonchev–Trinajstić information content (AvgIpc) is 3.16. The smallest absolute Gasteiger partial charge is 0.230 e. The fourth-order valence-electron chi connectivity index (χ4n) is 2.70. The summed E-state index contributed by atoms with van der Waals surface area (Å²) in [5.41, 5.74) is 0.637. The number of rotatable bonds is 5. The molecule has 1 aliphatic rings. The molecule has 0 saturated heterocycles. The molecule has 0 atom stereocenters. The Labute approximate surface area is 154 Å². The lowest BCUT2D eigenvalue weighted by molar-refractivity contribution is -0.119. The molecule has 128 valence electrons. The lowest BCUT2D eigenvalue weighted by Crippen LogP contribution is -2.34. The number of hydrogen-bond acceptors (Lipinski definition) is 5. The van der Waals surface area contributed by atoms with Gasteiger partial charge in [-0.2, -0.15) is 0 Å². The minimum Gasteiger partial charge on any atom is -0.353 e. The molecule has 3 N–H and O–H groups in total. The summed E-state index contributed by atoms with van der Waals surface area (Å²) in [5, 5.41) is 12.6. The molecule has 1 aliphatic carbocycles. The van der Waals surface area contributed by atoms with Crippen molar-refractivity contribution in [3.8, 4) is 11.4 Å². The summed E-state index contributed by atoms with van der Waals surface area (Å²) in [7, 11) is 0. The van der Waals surface area contributed by atoms with Crippen LogP contribution in [0.4, 0.5) is 0 Å². The van der Waals surface area contributed by atoms with Crippen LogP contribution >= 0.6 is 35.0 Å². The SMILES string of the molecule is Nn1c(SCC(=O)NC2CCCC2)nnc1-c1ccc(Cl)cc1Cl. The molecule has 0 spiro atoms. The van der Waals surface area contributed by atoms with Gasteiger partial charge in [-0.05, 0) is 31.0 Å². The highest BCUT2D eigenvalue weighted by molar-refractivity contribution is 7.99. The van der Waals surface area contributed by atoms with Crippen molar-refractivity contribution in [2.45, 2.75) is 36.9 Å². The van der Waals surface area contributed by atoms with Crippen molar-refractivity contribution in [1.82, 2.24) is 20.2 Å². The Balaban J connectivity index is 1.65. The lowest BCUT2D eigenvalue weighted by Gasteiger charge is -2.11. The summed E-state index contributed by atoms with van der Waals surface area (Å²) in [5.74, 6) is 6.70. The monoisotopic (exact) mass is 385 g/mol. The van der Waals surface area contributed by atoms with Crippen LogP contribution in [0.1, 0.15) is 25.7 Å². The van der Waals surface area contributed by atoms with E-state index in [1.54, 1.807) is 18.2 Å². The first-order valence-electron chi connectivity index (χ1n) is 7.62. The Morgan fingerprint density at radius 2 is 2.08 bits per heavy atom. The van der Waals surface area contributed by atoms with Gasteiger partial charge < -0.3 is 11.2 Å².